The molecule has 0 aliphatic rings. The summed E-state index contributed by atoms with van der Waals surface area (Å²) in [6, 6.07) is 6.29. The first-order valence-electron chi connectivity index (χ1n) is 6.54. The lowest BCUT2D eigenvalue weighted by molar-refractivity contribution is -0.142. The Morgan fingerprint density at radius 2 is 1.95 bits per heavy atom. The van der Waals surface area contributed by atoms with Gasteiger partial charge >= 0.3 is 5.97 Å². The molecule has 0 fully saturated rings. The van der Waals surface area contributed by atoms with Gasteiger partial charge in [0.05, 0.1) is 6.61 Å². The number of nitrogens with one attached hydrogen (secondary N) is 1. The van der Waals surface area contributed by atoms with Crippen molar-refractivity contribution in [3.05, 3.63) is 28.7 Å². The highest BCUT2D eigenvalue weighted by Gasteiger charge is 2.18. The van der Waals surface area contributed by atoms with E-state index in [1.165, 1.54) is 0 Å². The molecule has 1 aromatic carbocycles. The smallest absolute Gasteiger partial charge is 0.326 e. The molecule has 1 atom stereocenters. The zero-order valence-corrected chi connectivity index (χ0v) is 13.0. The molecule has 1 aromatic rings. The van der Waals surface area contributed by atoms with Gasteiger partial charge < -0.3 is 20.3 Å². The summed E-state index contributed by atoms with van der Waals surface area (Å²) >= 11 is 3.32. The Morgan fingerprint density at radius 1 is 1.29 bits per heavy atom. The maximum Gasteiger partial charge on any atom is 0.326 e. The lowest BCUT2D eigenvalue weighted by Gasteiger charge is -2.13. The van der Waals surface area contributed by atoms with Crippen LogP contribution in [0.3, 0.4) is 0 Å². The van der Waals surface area contributed by atoms with Crippen LogP contribution in [0, 0.1) is 0 Å². The maximum absolute atomic E-state index is 11.6. The first-order valence-corrected chi connectivity index (χ1v) is 7.33. The Kier molecular flexibility index (Phi) is 7.78. The van der Waals surface area contributed by atoms with Crippen LogP contribution in [-0.4, -0.2) is 41.3 Å². The number of amides is 1. The highest BCUT2D eigenvalue weighted by molar-refractivity contribution is 9.10. The van der Waals surface area contributed by atoms with Crippen molar-refractivity contribution in [2.45, 2.75) is 25.3 Å². The van der Waals surface area contributed by atoms with Crippen LogP contribution in [0.2, 0.25) is 0 Å². The lowest BCUT2D eigenvalue weighted by atomic mass is 10.2. The van der Waals surface area contributed by atoms with E-state index >= 15 is 0 Å². The van der Waals surface area contributed by atoms with Crippen LogP contribution in [0.15, 0.2) is 28.7 Å². The number of carbonyl (C=O) groups is 2. The minimum Gasteiger partial charge on any atom is -0.494 e. The largest absolute Gasteiger partial charge is 0.494 e. The summed E-state index contributed by atoms with van der Waals surface area (Å²) in [4.78, 5) is 22.4. The molecule has 0 radical (unpaired) electrons. The number of aliphatic carboxylic acids is 1. The molecular weight excluding hydrogens is 342 g/mol. The number of carboxylic acid groups (broad SMARTS) is 1. The minimum atomic E-state index is -1.15. The van der Waals surface area contributed by atoms with Gasteiger partial charge in [-0.3, -0.25) is 4.79 Å². The quantitative estimate of drug-likeness (QED) is 0.581. The molecule has 21 heavy (non-hydrogen) atoms. The van der Waals surface area contributed by atoms with Gasteiger partial charge in [-0.2, -0.15) is 0 Å². The maximum atomic E-state index is 11.6. The number of benzene rings is 1. The average molecular weight is 360 g/mol. The summed E-state index contributed by atoms with van der Waals surface area (Å²) in [5, 5.41) is 19.9. The molecule has 3 N–H and O–H groups in total. The molecule has 0 aliphatic carbocycles. The van der Waals surface area contributed by atoms with Crippen LogP contribution in [-0.2, 0) is 9.59 Å². The van der Waals surface area contributed by atoms with Crippen molar-refractivity contribution in [3.63, 3.8) is 0 Å². The monoisotopic (exact) mass is 359 g/mol. The zero-order chi connectivity index (χ0) is 15.7. The van der Waals surface area contributed by atoms with Gasteiger partial charge in [0, 0.05) is 23.9 Å². The van der Waals surface area contributed by atoms with E-state index in [1.807, 2.05) is 24.3 Å². The molecule has 0 bridgehead atoms. The summed E-state index contributed by atoms with van der Waals surface area (Å²) in [6.07, 6.45) is 0.648. The molecule has 0 aliphatic heterocycles. The third-order valence-corrected chi connectivity index (χ3v) is 3.21. The standard InChI is InChI=1S/C14H18BrNO5/c15-10-3-5-11(6-4-10)21-9-1-2-13(18)16-12(7-8-17)14(19)20/h3-6,12,17H,1-2,7-9H2,(H,16,18)(H,19,20)/t12-/m1/s1. The van der Waals surface area contributed by atoms with Gasteiger partial charge in [0.25, 0.3) is 0 Å². The first kappa shape index (κ1) is 17.5. The van der Waals surface area contributed by atoms with E-state index in [0.29, 0.717) is 18.8 Å². The molecule has 0 aromatic heterocycles. The molecule has 0 saturated heterocycles. The molecule has 1 amide bonds. The van der Waals surface area contributed by atoms with Gasteiger partial charge in [-0.25, -0.2) is 4.79 Å². The number of halogens is 1. The fourth-order valence-corrected chi connectivity index (χ4v) is 1.87. The Bertz CT molecular complexity index is 463. The van der Waals surface area contributed by atoms with E-state index in [2.05, 4.69) is 21.2 Å². The normalized spacial score (nSPS) is 11.7. The molecule has 1 rings (SSSR count). The molecule has 6 nitrogen and oxygen atoms in total. The number of hydrogen-bond donors (Lipinski definition) is 3. The number of rotatable bonds is 9. The predicted octanol–water partition coefficient (Wildman–Crippen LogP) is 1.56. The van der Waals surface area contributed by atoms with Crippen LogP contribution in [0.1, 0.15) is 19.3 Å². The van der Waals surface area contributed by atoms with E-state index < -0.39 is 12.0 Å². The molecule has 7 heteroatoms. The lowest BCUT2D eigenvalue weighted by Crippen LogP contribution is -2.41. The topological polar surface area (TPSA) is 95.9 Å². The third-order valence-electron chi connectivity index (χ3n) is 2.68. The predicted molar refractivity (Wildman–Crippen MR) is 80.1 cm³/mol. The van der Waals surface area contributed by atoms with Crippen molar-refractivity contribution in [2.24, 2.45) is 0 Å². The number of aliphatic hydroxyl groups excluding tert-OH is 1. The third kappa shape index (κ3) is 7.10. The molecule has 0 heterocycles. The van der Waals surface area contributed by atoms with Gasteiger partial charge in [-0.15, -0.1) is 0 Å². The second-order valence-corrected chi connectivity index (χ2v) is 5.29. The Morgan fingerprint density at radius 3 is 2.52 bits per heavy atom. The summed E-state index contributed by atoms with van der Waals surface area (Å²) in [7, 11) is 0. The highest BCUT2D eigenvalue weighted by Crippen LogP contribution is 2.16. The highest BCUT2D eigenvalue weighted by atomic mass is 79.9. The van der Waals surface area contributed by atoms with Crippen molar-refractivity contribution < 1.29 is 24.5 Å². The summed E-state index contributed by atoms with van der Waals surface area (Å²) in [5.41, 5.74) is 0. The van der Waals surface area contributed by atoms with Crippen molar-refractivity contribution in [1.82, 2.24) is 5.32 Å². The average Bonchev–Trinajstić information content (AvgIpc) is 2.45. The van der Waals surface area contributed by atoms with Crippen molar-refractivity contribution in [3.8, 4) is 5.75 Å². The van der Waals surface area contributed by atoms with E-state index in [9.17, 15) is 9.59 Å². The van der Waals surface area contributed by atoms with Gasteiger partial charge in [-0.05, 0) is 30.7 Å². The van der Waals surface area contributed by atoms with E-state index in [1.54, 1.807) is 0 Å². The van der Waals surface area contributed by atoms with Crippen LogP contribution in [0.25, 0.3) is 0 Å². The van der Waals surface area contributed by atoms with Crippen molar-refractivity contribution in [1.29, 1.82) is 0 Å². The molecule has 0 saturated carbocycles. The number of carbonyl (C=O) groups excluding carboxylic acids is 1. The first-order chi connectivity index (χ1) is 10.0. The minimum absolute atomic E-state index is 0.00351. The van der Waals surface area contributed by atoms with Crippen LogP contribution in [0.4, 0.5) is 0 Å². The second kappa shape index (κ2) is 9.36. The Hall–Kier alpha value is -1.60. The Labute approximate surface area is 131 Å². The van der Waals surface area contributed by atoms with E-state index in [0.717, 1.165) is 4.47 Å². The number of hydrogen-bond acceptors (Lipinski definition) is 4. The van der Waals surface area contributed by atoms with Crippen LogP contribution < -0.4 is 10.1 Å². The molecule has 0 unspecified atom stereocenters. The van der Waals surface area contributed by atoms with Crippen LogP contribution >= 0.6 is 15.9 Å². The SMILES string of the molecule is O=C(CCCOc1ccc(Br)cc1)N[C@H](CCO)C(=O)O. The summed E-state index contributed by atoms with van der Waals surface area (Å²) < 4.78 is 6.41. The summed E-state index contributed by atoms with van der Waals surface area (Å²) in [6.45, 7) is 0.0801. The van der Waals surface area contributed by atoms with Crippen molar-refractivity contribution in [2.75, 3.05) is 13.2 Å². The number of ether oxygens (including phenoxy) is 1. The number of carboxylic acids is 1. The van der Waals surface area contributed by atoms with Gasteiger partial charge in [0.2, 0.25) is 5.91 Å². The Balaban J connectivity index is 2.23. The molecule has 116 valence electrons. The summed E-state index contributed by atoms with van der Waals surface area (Å²) in [5.74, 6) is -0.805. The van der Waals surface area contributed by atoms with E-state index in [-0.39, 0.29) is 25.4 Å². The fraction of sp³-hybridized carbons (Fsp3) is 0.429. The molecular formula is C14H18BrNO5. The van der Waals surface area contributed by atoms with Gasteiger partial charge in [-0.1, -0.05) is 15.9 Å². The molecule has 0 spiro atoms. The number of aliphatic hydroxyl groups is 1. The van der Waals surface area contributed by atoms with Crippen LogP contribution in [0.5, 0.6) is 5.75 Å². The second-order valence-electron chi connectivity index (χ2n) is 4.38. The zero-order valence-electron chi connectivity index (χ0n) is 11.4. The van der Waals surface area contributed by atoms with Crippen molar-refractivity contribution >= 4 is 27.8 Å². The fourth-order valence-electron chi connectivity index (χ4n) is 1.61. The van der Waals surface area contributed by atoms with Gasteiger partial charge in [0.1, 0.15) is 11.8 Å². The van der Waals surface area contributed by atoms with E-state index in [4.69, 9.17) is 14.9 Å². The van der Waals surface area contributed by atoms with Gasteiger partial charge in [0.15, 0.2) is 0 Å².